The number of methoxy groups -OCH3 is 1. The van der Waals surface area contributed by atoms with Gasteiger partial charge in [0, 0.05) is 23.7 Å². The number of hydrogen-bond donors (Lipinski definition) is 1. The molecular formula is C15H16FNO5. The van der Waals surface area contributed by atoms with Gasteiger partial charge in [-0.25, -0.2) is 4.39 Å². The maximum atomic E-state index is 13.5. The number of rotatable bonds is 5. The number of carbonyl (C=O) groups is 2. The summed E-state index contributed by atoms with van der Waals surface area (Å²) in [7, 11) is 1.28. The summed E-state index contributed by atoms with van der Waals surface area (Å²) < 4.78 is 28.4. The van der Waals surface area contributed by atoms with Gasteiger partial charge in [-0.05, 0) is 18.2 Å². The van der Waals surface area contributed by atoms with Crippen LogP contribution in [0.5, 0.6) is 5.75 Å². The Morgan fingerprint density at radius 2 is 2.27 bits per heavy atom. The highest BCUT2D eigenvalue weighted by Gasteiger charge is 2.15. The minimum atomic E-state index is -0.432. The van der Waals surface area contributed by atoms with Crippen molar-refractivity contribution in [3.8, 4) is 5.75 Å². The molecule has 6 nitrogen and oxygen atoms in total. The molecule has 2 rings (SSSR count). The second-order valence-corrected chi connectivity index (χ2v) is 4.54. The Balaban J connectivity index is 1.99. The van der Waals surface area contributed by atoms with Crippen molar-refractivity contribution in [3.05, 3.63) is 35.2 Å². The highest BCUT2D eigenvalue weighted by molar-refractivity contribution is 5.92. The van der Waals surface area contributed by atoms with Gasteiger partial charge in [-0.3, -0.25) is 9.59 Å². The zero-order valence-electron chi connectivity index (χ0n) is 12.1. The first-order valence-corrected chi connectivity index (χ1v) is 6.66. The Kier molecular flexibility index (Phi) is 5.48. The Labute approximate surface area is 126 Å². The summed E-state index contributed by atoms with van der Waals surface area (Å²) in [4.78, 5) is 22.5. The van der Waals surface area contributed by atoms with E-state index in [-0.39, 0.29) is 26.4 Å². The van der Waals surface area contributed by atoms with Crippen LogP contribution in [0.1, 0.15) is 17.5 Å². The molecule has 0 spiro atoms. The van der Waals surface area contributed by atoms with E-state index in [0.29, 0.717) is 16.9 Å². The van der Waals surface area contributed by atoms with E-state index in [0.717, 1.165) is 0 Å². The van der Waals surface area contributed by atoms with Crippen LogP contribution in [0, 0.1) is 5.82 Å². The number of amides is 1. The van der Waals surface area contributed by atoms with E-state index in [4.69, 9.17) is 9.47 Å². The lowest BCUT2D eigenvalue weighted by molar-refractivity contribution is -0.140. The van der Waals surface area contributed by atoms with E-state index in [2.05, 4.69) is 10.1 Å². The molecule has 1 aromatic carbocycles. The molecule has 7 heteroatoms. The number of esters is 1. The quantitative estimate of drug-likeness (QED) is 0.657. The van der Waals surface area contributed by atoms with E-state index >= 15 is 0 Å². The topological polar surface area (TPSA) is 73.9 Å². The molecular weight excluding hydrogens is 293 g/mol. The van der Waals surface area contributed by atoms with Crippen molar-refractivity contribution < 1.29 is 28.2 Å². The molecule has 1 heterocycles. The summed E-state index contributed by atoms with van der Waals surface area (Å²) in [5, 5.41) is 2.53. The SMILES string of the molecule is COC(=O)CCNC(=O)C=Cc1cc(F)cc2c1OCOC2. The van der Waals surface area contributed by atoms with E-state index < -0.39 is 17.7 Å². The zero-order chi connectivity index (χ0) is 15.9. The van der Waals surface area contributed by atoms with Crippen LogP contribution in [-0.2, 0) is 25.7 Å². The van der Waals surface area contributed by atoms with Gasteiger partial charge in [0.1, 0.15) is 11.6 Å². The smallest absolute Gasteiger partial charge is 0.307 e. The van der Waals surface area contributed by atoms with Crippen LogP contribution in [0.2, 0.25) is 0 Å². The summed E-state index contributed by atoms with van der Waals surface area (Å²) in [6, 6.07) is 2.62. The number of carbonyl (C=O) groups excluding carboxylic acids is 2. The average Bonchev–Trinajstić information content (AvgIpc) is 2.52. The van der Waals surface area contributed by atoms with Crippen molar-refractivity contribution in [1.29, 1.82) is 0 Å². The fraction of sp³-hybridized carbons (Fsp3) is 0.333. The molecule has 0 saturated heterocycles. The van der Waals surface area contributed by atoms with Crippen molar-refractivity contribution in [3.63, 3.8) is 0 Å². The highest BCUT2D eigenvalue weighted by atomic mass is 19.1. The third kappa shape index (κ3) is 4.29. The van der Waals surface area contributed by atoms with E-state index in [1.165, 1.54) is 31.4 Å². The molecule has 0 bridgehead atoms. The van der Waals surface area contributed by atoms with Gasteiger partial charge < -0.3 is 19.5 Å². The molecule has 118 valence electrons. The van der Waals surface area contributed by atoms with Crippen LogP contribution in [0.4, 0.5) is 4.39 Å². The van der Waals surface area contributed by atoms with Crippen LogP contribution in [0.25, 0.3) is 6.08 Å². The molecule has 0 aromatic heterocycles. The fourth-order valence-corrected chi connectivity index (χ4v) is 1.95. The molecule has 0 unspecified atom stereocenters. The van der Waals surface area contributed by atoms with E-state index in [1.54, 1.807) is 0 Å². The van der Waals surface area contributed by atoms with Gasteiger partial charge in [-0.1, -0.05) is 0 Å². The molecule has 1 aliphatic rings. The molecule has 1 aliphatic heterocycles. The average molecular weight is 309 g/mol. The van der Waals surface area contributed by atoms with Gasteiger partial charge in [0.15, 0.2) is 6.79 Å². The number of hydrogen-bond acceptors (Lipinski definition) is 5. The Morgan fingerprint density at radius 3 is 3.05 bits per heavy atom. The summed E-state index contributed by atoms with van der Waals surface area (Å²) >= 11 is 0. The monoisotopic (exact) mass is 309 g/mol. The minimum absolute atomic E-state index is 0.0881. The third-order valence-electron chi connectivity index (χ3n) is 2.97. The zero-order valence-corrected chi connectivity index (χ0v) is 12.1. The Hall–Kier alpha value is -2.41. The van der Waals surface area contributed by atoms with Crippen LogP contribution in [-0.4, -0.2) is 32.3 Å². The third-order valence-corrected chi connectivity index (χ3v) is 2.97. The summed E-state index contributed by atoms with van der Waals surface area (Å²) in [6.07, 6.45) is 2.80. The minimum Gasteiger partial charge on any atom is -0.469 e. The van der Waals surface area contributed by atoms with Crippen molar-refractivity contribution >= 4 is 18.0 Å². The number of benzene rings is 1. The van der Waals surface area contributed by atoms with Gasteiger partial charge in [-0.2, -0.15) is 0 Å². The lowest BCUT2D eigenvalue weighted by Gasteiger charge is -2.19. The second-order valence-electron chi connectivity index (χ2n) is 4.54. The van der Waals surface area contributed by atoms with Crippen molar-refractivity contribution in [2.45, 2.75) is 13.0 Å². The molecule has 1 N–H and O–H groups in total. The van der Waals surface area contributed by atoms with Crippen LogP contribution >= 0.6 is 0 Å². The van der Waals surface area contributed by atoms with Gasteiger partial charge in [0.25, 0.3) is 0 Å². The summed E-state index contributed by atoms with van der Waals surface area (Å²) in [5.74, 6) is -0.726. The molecule has 0 radical (unpaired) electrons. The van der Waals surface area contributed by atoms with Gasteiger partial charge in [0.2, 0.25) is 5.91 Å². The van der Waals surface area contributed by atoms with Crippen molar-refractivity contribution in [1.82, 2.24) is 5.32 Å². The fourth-order valence-electron chi connectivity index (χ4n) is 1.95. The molecule has 1 amide bonds. The van der Waals surface area contributed by atoms with Crippen molar-refractivity contribution in [2.75, 3.05) is 20.4 Å². The molecule has 0 aliphatic carbocycles. The Bertz CT molecular complexity index is 600. The second kappa shape index (κ2) is 7.56. The highest BCUT2D eigenvalue weighted by Crippen LogP contribution is 2.30. The largest absolute Gasteiger partial charge is 0.469 e. The standard InChI is InChI=1S/C15H16FNO5/c1-20-14(19)4-5-17-13(18)3-2-10-6-12(16)7-11-8-21-9-22-15(10)11/h2-3,6-7H,4-5,8-9H2,1H3,(H,17,18). The number of halogens is 1. The van der Waals surface area contributed by atoms with Crippen molar-refractivity contribution in [2.24, 2.45) is 0 Å². The maximum Gasteiger partial charge on any atom is 0.307 e. The normalized spacial score (nSPS) is 13.4. The number of nitrogens with one attached hydrogen (secondary N) is 1. The lowest BCUT2D eigenvalue weighted by Crippen LogP contribution is -2.24. The first kappa shape index (κ1) is 16.0. The number of fused-ring (bicyclic) bond motifs is 1. The predicted molar refractivity (Wildman–Crippen MR) is 75.4 cm³/mol. The Morgan fingerprint density at radius 1 is 1.45 bits per heavy atom. The molecule has 22 heavy (non-hydrogen) atoms. The van der Waals surface area contributed by atoms with Gasteiger partial charge in [0.05, 0.1) is 20.1 Å². The molecule has 0 fully saturated rings. The van der Waals surface area contributed by atoms with Crippen LogP contribution < -0.4 is 10.1 Å². The lowest BCUT2D eigenvalue weighted by atomic mass is 10.1. The van der Waals surface area contributed by atoms with Gasteiger partial charge in [-0.15, -0.1) is 0 Å². The summed E-state index contributed by atoms with van der Waals surface area (Å²) in [5.41, 5.74) is 1.05. The summed E-state index contributed by atoms with van der Waals surface area (Å²) in [6.45, 7) is 0.519. The molecule has 0 saturated carbocycles. The number of ether oxygens (including phenoxy) is 3. The first-order valence-electron chi connectivity index (χ1n) is 6.66. The molecule has 1 aromatic rings. The first-order chi connectivity index (χ1) is 10.6. The van der Waals surface area contributed by atoms with Crippen LogP contribution in [0.3, 0.4) is 0 Å². The maximum absolute atomic E-state index is 13.5. The predicted octanol–water partition coefficient (Wildman–Crippen LogP) is 1.38. The van der Waals surface area contributed by atoms with E-state index in [9.17, 15) is 14.0 Å². The van der Waals surface area contributed by atoms with Crippen LogP contribution in [0.15, 0.2) is 18.2 Å². The molecule has 0 atom stereocenters. The van der Waals surface area contributed by atoms with E-state index in [1.807, 2.05) is 0 Å². The van der Waals surface area contributed by atoms with Gasteiger partial charge >= 0.3 is 5.97 Å².